The zero-order valence-electron chi connectivity index (χ0n) is 15.6. The van der Waals surface area contributed by atoms with Crippen molar-refractivity contribution in [3.63, 3.8) is 0 Å². The van der Waals surface area contributed by atoms with Gasteiger partial charge in [0.05, 0.1) is 0 Å². The van der Waals surface area contributed by atoms with Crippen LogP contribution in [0.1, 0.15) is 73.6 Å². The molecule has 0 aromatic rings. The maximum atomic E-state index is 12.6. The van der Waals surface area contributed by atoms with Crippen LogP contribution in [0.25, 0.3) is 0 Å². The molecule has 1 heterocycles. The Bertz CT molecular complexity index is 464. The van der Waals surface area contributed by atoms with Crippen molar-refractivity contribution in [1.82, 2.24) is 4.90 Å². The second-order valence-electron chi connectivity index (χ2n) is 9.31. The van der Waals surface area contributed by atoms with Crippen LogP contribution in [0, 0.1) is 17.3 Å². The molecule has 2 fully saturated rings. The number of piperidine rings is 1. The molecule has 0 bridgehead atoms. The van der Waals surface area contributed by atoms with Crippen LogP contribution in [-0.2, 0) is 9.53 Å². The van der Waals surface area contributed by atoms with Crippen LogP contribution in [0.15, 0.2) is 0 Å². The van der Waals surface area contributed by atoms with E-state index in [0.717, 1.165) is 25.7 Å². The predicted octanol–water partition coefficient (Wildman–Crippen LogP) is 4.42. The number of ether oxygens (including phenoxy) is 1. The highest BCUT2D eigenvalue weighted by Gasteiger charge is 2.44. The summed E-state index contributed by atoms with van der Waals surface area (Å²) in [4.78, 5) is 27.0. The molecule has 0 N–H and O–H groups in total. The van der Waals surface area contributed by atoms with Gasteiger partial charge in [0.2, 0.25) is 0 Å². The summed E-state index contributed by atoms with van der Waals surface area (Å²) in [6.45, 7) is 13.1. The summed E-state index contributed by atoms with van der Waals surface area (Å²) in [6.07, 6.45) is 4.11. The third kappa shape index (κ3) is 4.71. The lowest BCUT2D eigenvalue weighted by Crippen LogP contribution is -2.54. The minimum Gasteiger partial charge on any atom is -0.444 e. The molecule has 1 aliphatic heterocycles. The number of hydrogen-bond donors (Lipinski definition) is 0. The molecule has 2 rings (SSSR count). The van der Waals surface area contributed by atoms with Crippen LogP contribution in [-0.4, -0.2) is 35.0 Å². The maximum Gasteiger partial charge on any atom is 0.410 e. The molecule has 1 aliphatic carbocycles. The minimum absolute atomic E-state index is 0.000625. The van der Waals surface area contributed by atoms with Gasteiger partial charge in [-0.15, -0.1) is 0 Å². The Morgan fingerprint density at radius 1 is 1.30 bits per heavy atom. The van der Waals surface area contributed by atoms with E-state index in [1.807, 2.05) is 25.7 Å². The van der Waals surface area contributed by atoms with Crippen molar-refractivity contribution in [3.8, 4) is 0 Å². The number of carbonyl (C=O) groups is 2. The topological polar surface area (TPSA) is 46.6 Å². The monoisotopic (exact) mass is 323 g/mol. The smallest absolute Gasteiger partial charge is 0.410 e. The maximum absolute atomic E-state index is 12.6. The van der Waals surface area contributed by atoms with E-state index in [1.165, 1.54) is 0 Å². The van der Waals surface area contributed by atoms with Gasteiger partial charge in [-0.2, -0.15) is 0 Å². The number of rotatable bonds is 1. The van der Waals surface area contributed by atoms with Crippen molar-refractivity contribution in [2.45, 2.75) is 85.3 Å². The summed E-state index contributed by atoms with van der Waals surface area (Å²) < 4.78 is 5.60. The molecule has 3 atom stereocenters. The van der Waals surface area contributed by atoms with E-state index in [-0.39, 0.29) is 23.5 Å². The molecule has 0 aromatic heterocycles. The lowest BCUT2D eigenvalue weighted by Gasteiger charge is -2.46. The summed E-state index contributed by atoms with van der Waals surface area (Å²) in [5.41, 5.74) is -0.320. The summed E-state index contributed by atoms with van der Waals surface area (Å²) >= 11 is 0. The first-order chi connectivity index (χ1) is 10.5. The summed E-state index contributed by atoms with van der Waals surface area (Å²) in [5, 5.41) is 0. The molecule has 1 amide bonds. The molecule has 2 aliphatic rings. The minimum atomic E-state index is -0.499. The average Bonchev–Trinajstić information content (AvgIpc) is 2.39. The van der Waals surface area contributed by atoms with Gasteiger partial charge in [0.25, 0.3) is 0 Å². The molecule has 0 aromatic carbocycles. The van der Waals surface area contributed by atoms with Crippen LogP contribution in [0.5, 0.6) is 0 Å². The highest BCUT2D eigenvalue weighted by atomic mass is 16.6. The quantitative estimate of drug-likeness (QED) is 0.717. The molecule has 0 spiro atoms. The van der Waals surface area contributed by atoms with E-state index < -0.39 is 5.60 Å². The van der Waals surface area contributed by atoms with Crippen molar-refractivity contribution in [2.24, 2.45) is 17.3 Å². The van der Waals surface area contributed by atoms with Gasteiger partial charge in [0.1, 0.15) is 11.4 Å². The lowest BCUT2D eigenvalue weighted by molar-refractivity contribution is -0.130. The van der Waals surface area contributed by atoms with Crippen molar-refractivity contribution < 1.29 is 14.3 Å². The Morgan fingerprint density at radius 3 is 2.57 bits per heavy atom. The zero-order valence-corrected chi connectivity index (χ0v) is 15.6. The Hall–Kier alpha value is -1.06. The molecular weight excluding hydrogens is 290 g/mol. The van der Waals surface area contributed by atoms with Gasteiger partial charge in [-0.3, -0.25) is 4.79 Å². The van der Waals surface area contributed by atoms with E-state index in [1.54, 1.807) is 0 Å². The van der Waals surface area contributed by atoms with E-state index in [9.17, 15) is 9.59 Å². The average molecular weight is 323 g/mol. The number of Topliss-reactive ketones (excluding diaryl/α,β-unsaturated/α-hetero) is 1. The summed E-state index contributed by atoms with van der Waals surface area (Å²) in [6, 6.07) is 0.000625. The fraction of sp³-hybridized carbons (Fsp3) is 0.895. The zero-order chi connectivity index (χ0) is 17.4. The van der Waals surface area contributed by atoms with Crippen LogP contribution < -0.4 is 0 Å². The summed E-state index contributed by atoms with van der Waals surface area (Å²) in [7, 11) is 0. The molecule has 1 saturated carbocycles. The normalized spacial score (nSPS) is 31.8. The second-order valence-corrected chi connectivity index (χ2v) is 9.31. The lowest BCUT2D eigenvalue weighted by atomic mass is 9.67. The summed E-state index contributed by atoms with van der Waals surface area (Å²) in [5.74, 6) is 0.850. The van der Waals surface area contributed by atoms with E-state index >= 15 is 0 Å². The van der Waals surface area contributed by atoms with Gasteiger partial charge in [-0.25, -0.2) is 4.79 Å². The van der Waals surface area contributed by atoms with Crippen LogP contribution >= 0.6 is 0 Å². The second kappa shape index (κ2) is 6.45. The molecule has 4 heteroatoms. The highest BCUT2D eigenvalue weighted by Crippen LogP contribution is 2.42. The number of carbonyl (C=O) groups excluding carboxylic acids is 2. The molecule has 3 unspecified atom stereocenters. The number of likely N-dealkylation sites (tertiary alicyclic amines) is 1. The standard InChI is InChI=1S/C19H33NO3/c1-13-8-10-20(17(22)23-18(2,3)4)15(11-13)14-12-19(5,6)9-7-16(14)21/h13-15H,7-12H2,1-6H3. The fourth-order valence-corrected chi connectivity index (χ4v) is 3.92. The fourth-order valence-electron chi connectivity index (χ4n) is 3.92. The van der Waals surface area contributed by atoms with Crippen molar-refractivity contribution in [2.75, 3.05) is 6.54 Å². The molecular formula is C19H33NO3. The van der Waals surface area contributed by atoms with Gasteiger partial charge in [0, 0.05) is 24.9 Å². The molecule has 23 heavy (non-hydrogen) atoms. The van der Waals surface area contributed by atoms with Gasteiger partial charge in [-0.1, -0.05) is 20.8 Å². The van der Waals surface area contributed by atoms with E-state index in [4.69, 9.17) is 4.74 Å². The highest BCUT2D eigenvalue weighted by molar-refractivity contribution is 5.83. The Labute approximate surface area is 140 Å². The number of nitrogens with zero attached hydrogens (tertiary/aromatic N) is 1. The SMILES string of the molecule is CC1CCN(C(=O)OC(C)(C)C)C(C2CC(C)(C)CCC2=O)C1. The first-order valence-corrected chi connectivity index (χ1v) is 9.01. The Kier molecular flexibility index (Phi) is 5.12. The third-order valence-corrected chi connectivity index (χ3v) is 5.23. The van der Waals surface area contributed by atoms with Gasteiger partial charge < -0.3 is 9.64 Å². The van der Waals surface area contributed by atoms with Crippen LogP contribution in [0.3, 0.4) is 0 Å². The predicted molar refractivity (Wildman–Crippen MR) is 91.3 cm³/mol. The van der Waals surface area contributed by atoms with Gasteiger partial charge >= 0.3 is 6.09 Å². The Balaban J connectivity index is 2.20. The number of amides is 1. The molecule has 0 radical (unpaired) electrons. The van der Waals surface area contributed by atoms with Crippen LogP contribution in [0.2, 0.25) is 0 Å². The van der Waals surface area contributed by atoms with Crippen molar-refractivity contribution >= 4 is 11.9 Å². The molecule has 1 saturated heterocycles. The number of ketones is 1. The molecule has 4 nitrogen and oxygen atoms in total. The van der Waals surface area contributed by atoms with Crippen LogP contribution in [0.4, 0.5) is 4.79 Å². The largest absolute Gasteiger partial charge is 0.444 e. The van der Waals surface area contributed by atoms with Gasteiger partial charge in [-0.05, 0) is 57.8 Å². The third-order valence-electron chi connectivity index (χ3n) is 5.23. The molecule has 132 valence electrons. The Morgan fingerprint density at radius 2 is 1.96 bits per heavy atom. The van der Waals surface area contributed by atoms with E-state index in [0.29, 0.717) is 24.7 Å². The van der Waals surface area contributed by atoms with Crippen molar-refractivity contribution in [1.29, 1.82) is 0 Å². The first kappa shape index (κ1) is 18.3. The van der Waals surface area contributed by atoms with Gasteiger partial charge in [0.15, 0.2) is 0 Å². The van der Waals surface area contributed by atoms with Crippen molar-refractivity contribution in [3.05, 3.63) is 0 Å². The van der Waals surface area contributed by atoms with E-state index in [2.05, 4.69) is 20.8 Å². The number of hydrogen-bond acceptors (Lipinski definition) is 3. The first-order valence-electron chi connectivity index (χ1n) is 9.01.